The Kier molecular flexibility index (Phi) is 7.79. The van der Waals surface area contributed by atoms with Gasteiger partial charge in [-0.05, 0) is 57.1 Å². The van der Waals surface area contributed by atoms with Crippen LogP contribution in [0.4, 0.5) is 0 Å². The van der Waals surface area contributed by atoms with Gasteiger partial charge >= 0.3 is 0 Å². The Balaban J connectivity index is 0.000000220. The molecule has 1 aliphatic carbocycles. The molecule has 1 aromatic carbocycles. The van der Waals surface area contributed by atoms with Crippen molar-refractivity contribution in [1.82, 2.24) is 0 Å². The second-order valence-corrected chi connectivity index (χ2v) is 7.22. The van der Waals surface area contributed by atoms with Crippen LogP contribution in [0.15, 0.2) is 41.3 Å². The Morgan fingerprint density at radius 2 is 1.73 bits per heavy atom. The molecule has 3 N–H and O–H groups in total. The smallest absolute Gasteiger partial charge is 0.294 e. The third kappa shape index (κ3) is 7.20. The Morgan fingerprint density at radius 3 is 2.18 bits per heavy atom. The van der Waals surface area contributed by atoms with E-state index < -0.39 is 10.1 Å². The van der Waals surface area contributed by atoms with Crippen molar-refractivity contribution in [3.63, 3.8) is 0 Å². The molecule has 1 aromatic rings. The molecule has 1 aliphatic rings. The van der Waals surface area contributed by atoms with Crippen molar-refractivity contribution in [3.05, 3.63) is 42.0 Å². The SMILES string of the molecule is CC/C=C/C1CCC(N)CC1.Cc1ccc(S(=O)(=O)O)cc1. The quantitative estimate of drug-likeness (QED) is 0.656. The molecular formula is C17H27NO3S. The largest absolute Gasteiger partial charge is 0.328 e. The first-order chi connectivity index (χ1) is 10.3. The molecule has 0 heterocycles. The van der Waals surface area contributed by atoms with E-state index in [1.54, 1.807) is 12.1 Å². The van der Waals surface area contributed by atoms with Gasteiger partial charge in [0.1, 0.15) is 0 Å². The van der Waals surface area contributed by atoms with Crippen LogP contribution in [0.25, 0.3) is 0 Å². The molecule has 0 radical (unpaired) electrons. The van der Waals surface area contributed by atoms with Crippen molar-refractivity contribution in [3.8, 4) is 0 Å². The summed E-state index contributed by atoms with van der Waals surface area (Å²) in [6.07, 6.45) is 10.9. The highest BCUT2D eigenvalue weighted by atomic mass is 32.2. The highest BCUT2D eigenvalue weighted by molar-refractivity contribution is 7.85. The van der Waals surface area contributed by atoms with Gasteiger partial charge in [0.15, 0.2) is 0 Å². The van der Waals surface area contributed by atoms with Crippen molar-refractivity contribution in [2.24, 2.45) is 11.7 Å². The zero-order chi connectivity index (χ0) is 16.6. The molecule has 0 bridgehead atoms. The van der Waals surface area contributed by atoms with E-state index in [0.717, 1.165) is 11.5 Å². The first-order valence-electron chi connectivity index (χ1n) is 7.79. The van der Waals surface area contributed by atoms with E-state index >= 15 is 0 Å². The first-order valence-corrected chi connectivity index (χ1v) is 9.23. The average Bonchev–Trinajstić information content (AvgIpc) is 2.47. The van der Waals surface area contributed by atoms with Gasteiger partial charge in [0.05, 0.1) is 4.90 Å². The molecule has 1 fully saturated rings. The number of nitrogens with two attached hydrogens (primary N) is 1. The fraction of sp³-hybridized carbons (Fsp3) is 0.529. The van der Waals surface area contributed by atoms with Gasteiger partial charge in [-0.1, -0.05) is 36.8 Å². The Labute approximate surface area is 134 Å². The van der Waals surface area contributed by atoms with E-state index in [4.69, 9.17) is 10.3 Å². The van der Waals surface area contributed by atoms with Crippen LogP contribution >= 0.6 is 0 Å². The Morgan fingerprint density at radius 1 is 1.18 bits per heavy atom. The predicted molar refractivity (Wildman–Crippen MR) is 90.4 cm³/mol. The molecule has 1 saturated carbocycles. The van der Waals surface area contributed by atoms with E-state index in [-0.39, 0.29) is 4.90 Å². The summed E-state index contributed by atoms with van der Waals surface area (Å²) in [5.41, 5.74) is 6.76. The fourth-order valence-electron chi connectivity index (χ4n) is 2.38. The molecule has 4 nitrogen and oxygen atoms in total. The molecule has 22 heavy (non-hydrogen) atoms. The maximum absolute atomic E-state index is 10.5. The van der Waals surface area contributed by atoms with Crippen LogP contribution < -0.4 is 5.73 Å². The summed E-state index contributed by atoms with van der Waals surface area (Å²) in [5, 5.41) is 0. The summed E-state index contributed by atoms with van der Waals surface area (Å²) >= 11 is 0. The molecule has 2 rings (SSSR count). The Bertz CT molecular complexity index is 556. The molecule has 5 heteroatoms. The summed E-state index contributed by atoms with van der Waals surface area (Å²) < 4.78 is 29.6. The topological polar surface area (TPSA) is 80.4 Å². The van der Waals surface area contributed by atoms with Crippen molar-refractivity contribution < 1.29 is 13.0 Å². The van der Waals surface area contributed by atoms with E-state index in [9.17, 15) is 8.42 Å². The van der Waals surface area contributed by atoms with Crippen molar-refractivity contribution in [2.75, 3.05) is 0 Å². The lowest BCUT2D eigenvalue weighted by atomic mass is 9.86. The molecule has 124 valence electrons. The zero-order valence-electron chi connectivity index (χ0n) is 13.4. The normalized spacial score (nSPS) is 22.2. The molecule has 0 aromatic heterocycles. The van der Waals surface area contributed by atoms with Crippen LogP contribution in [0.1, 0.15) is 44.6 Å². The standard InChI is InChI=1S/C10H19N.C7H8O3S/c1-2-3-4-9-5-7-10(11)8-6-9;1-6-2-4-7(5-3-6)11(8,9)10/h3-4,9-10H,2,5-8,11H2,1H3;2-5H,1H3,(H,8,9,10)/b4-3+;. The molecule has 0 spiro atoms. The molecule has 0 amide bonds. The van der Waals surface area contributed by atoms with Gasteiger partial charge in [-0.3, -0.25) is 4.55 Å². The van der Waals surface area contributed by atoms with Crippen molar-refractivity contribution in [1.29, 1.82) is 0 Å². The van der Waals surface area contributed by atoms with E-state index in [0.29, 0.717) is 6.04 Å². The van der Waals surface area contributed by atoms with Crippen LogP contribution in [-0.2, 0) is 10.1 Å². The second kappa shape index (κ2) is 9.08. The van der Waals surface area contributed by atoms with Crippen molar-refractivity contribution >= 4 is 10.1 Å². The summed E-state index contributed by atoms with van der Waals surface area (Å²) in [4.78, 5) is -0.0666. The van der Waals surface area contributed by atoms with Gasteiger partial charge < -0.3 is 5.73 Å². The first kappa shape index (κ1) is 18.9. The van der Waals surface area contributed by atoms with Crippen LogP contribution in [0.5, 0.6) is 0 Å². The van der Waals surface area contributed by atoms with Gasteiger partial charge in [-0.2, -0.15) is 8.42 Å². The number of allylic oxidation sites excluding steroid dienone is 2. The number of rotatable bonds is 3. The number of hydrogen-bond donors (Lipinski definition) is 2. The third-order valence-corrected chi connectivity index (χ3v) is 4.65. The zero-order valence-corrected chi connectivity index (χ0v) is 14.2. The van der Waals surface area contributed by atoms with E-state index in [1.807, 2.05) is 6.92 Å². The highest BCUT2D eigenvalue weighted by Gasteiger charge is 2.15. The average molecular weight is 325 g/mol. The van der Waals surface area contributed by atoms with Gasteiger partial charge in [-0.15, -0.1) is 0 Å². The van der Waals surface area contributed by atoms with Gasteiger partial charge in [0.2, 0.25) is 0 Å². The summed E-state index contributed by atoms with van der Waals surface area (Å²) in [6, 6.07) is 6.47. The molecule has 0 saturated heterocycles. The van der Waals surface area contributed by atoms with Crippen LogP contribution in [-0.4, -0.2) is 19.0 Å². The predicted octanol–water partition coefficient (Wildman–Crippen LogP) is 3.71. The lowest BCUT2D eigenvalue weighted by Gasteiger charge is -2.23. The third-order valence-electron chi connectivity index (χ3n) is 3.78. The summed E-state index contributed by atoms with van der Waals surface area (Å²) in [6.45, 7) is 4.03. The van der Waals surface area contributed by atoms with Crippen LogP contribution in [0.3, 0.4) is 0 Å². The fourth-order valence-corrected chi connectivity index (χ4v) is 2.86. The minimum atomic E-state index is -4.02. The van der Waals surface area contributed by atoms with E-state index in [1.165, 1.54) is 44.2 Å². The Hall–Kier alpha value is -1.17. The lowest BCUT2D eigenvalue weighted by Crippen LogP contribution is -2.25. The number of benzene rings is 1. The number of hydrogen-bond acceptors (Lipinski definition) is 3. The molecule has 0 aliphatic heterocycles. The highest BCUT2D eigenvalue weighted by Crippen LogP contribution is 2.24. The molecule has 0 unspecified atom stereocenters. The summed E-state index contributed by atoms with van der Waals surface area (Å²) in [5.74, 6) is 0.828. The van der Waals surface area contributed by atoms with E-state index in [2.05, 4.69) is 19.1 Å². The van der Waals surface area contributed by atoms with Crippen LogP contribution in [0.2, 0.25) is 0 Å². The second-order valence-electron chi connectivity index (χ2n) is 5.80. The molecule has 0 atom stereocenters. The van der Waals surface area contributed by atoms with Gasteiger partial charge in [-0.25, -0.2) is 0 Å². The minimum absolute atomic E-state index is 0.0666. The van der Waals surface area contributed by atoms with Gasteiger partial charge in [0.25, 0.3) is 10.1 Å². The number of aryl methyl sites for hydroxylation is 1. The van der Waals surface area contributed by atoms with Gasteiger partial charge in [0, 0.05) is 6.04 Å². The lowest BCUT2D eigenvalue weighted by molar-refractivity contribution is 0.375. The summed E-state index contributed by atoms with van der Waals surface area (Å²) in [7, 11) is -4.02. The van der Waals surface area contributed by atoms with Crippen LogP contribution in [0, 0.1) is 12.8 Å². The maximum atomic E-state index is 10.5. The maximum Gasteiger partial charge on any atom is 0.294 e. The minimum Gasteiger partial charge on any atom is -0.328 e. The monoisotopic (exact) mass is 325 g/mol. The molecular weight excluding hydrogens is 298 g/mol. The van der Waals surface area contributed by atoms with Crippen molar-refractivity contribution in [2.45, 2.75) is 56.9 Å².